The van der Waals surface area contributed by atoms with Crippen LogP contribution in [0, 0.1) is 10.8 Å². The van der Waals surface area contributed by atoms with Gasteiger partial charge in [-0.15, -0.1) is 22.2 Å². The van der Waals surface area contributed by atoms with Crippen LogP contribution in [0.2, 0.25) is 5.04 Å². The Kier molecular flexibility index (Phi) is 3.15. The van der Waals surface area contributed by atoms with Crippen molar-refractivity contribution in [2.75, 3.05) is 0 Å². The van der Waals surface area contributed by atoms with E-state index in [1.54, 1.807) is 0 Å². The van der Waals surface area contributed by atoms with Crippen LogP contribution >= 0.6 is 22.2 Å². The third-order valence-electron chi connectivity index (χ3n) is 5.74. The Balaban J connectivity index is 3.43. The molecule has 0 atom stereocenters. The third kappa shape index (κ3) is 1.53. The molecule has 1 heterocycles. The zero-order valence-corrected chi connectivity index (χ0v) is 14.2. The molecule has 1 aliphatic rings. The van der Waals surface area contributed by atoms with E-state index in [4.69, 9.17) is 26.6 Å². The van der Waals surface area contributed by atoms with Crippen LogP contribution in [-0.4, -0.2) is 12.5 Å². The van der Waals surface area contributed by atoms with E-state index in [1.807, 2.05) is 0 Å². The van der Waals surface area contributed by atoms with Gasteiger partial charge in [-0.05, 0) is 24.7 Å². The normalized spacial score (nSPS) is 33.4. The summed E-state index contributed by atoms with van der Waals surface area (Å²) in [4.78, 5) is 0. The van der Waals surface area contributed by atoms with Gasteiger partial charge in [-0.2, -0.15) is 0 Å². The molecule has 0 aromatic carbocycles. The molecule has 0 amide bonds. The molecule has 4 heteroatoms. The van der Waals surface area contributed by atoms with E-state index in [1.165, 1.54) is 0 Å². The van der Waals surface area contributed by atoms with Gasteiger partial charge in [0.2, 0.25) is 0 Å². The molecule has 0 N–H and O–H groups in total. The summed E-state index contributed by atoms with van der Waals surface area (Å²) in [6.07, 6.45) is 0. The van der Waals surface area contributed by atoms with Crippen LogP contribution < -0.4 is 0 Å². The van der Waals surface area contributed by atoms with Gasteiger partial charge < -0.3 is 4.43 Å². The molecule has 1 saturated heterocycles. The topological polar surface area (TPSA) is 9.23 Å². The van der Waals surface area contributed by atoms with E-state index >= 15 is 0 Å². The Morgan fingerprint density at radius 1 is 0.750 bits per heavy atom. The van der Waals surface area contributed by atoms with Crippen molar-refractivity contribution in [3.8, 4) is 0 Å². The lowest BCUT2D eigenvalue weighted by Gasteiger charge is -2.66. The smallest absolute Gasteiger partial charge is 0.386 e. The van der Waals surface area contributed by atoms with E-state index in [0.29, 0.717) is 0 Å². The predicted molar refractivity (Wildman–Crippen MR) is 74.2 cm³/mol. The van der Waals surface area contributed by atoms with Crippen molar-refractivity contribution in [1.82, 2.24) is 0 Å². The summed E-state index contributed by atoms with van der Waals surface area (Å²) < 4.78 is 6.10. The minimum Gasteiger partial charge on any atom is -0.386 e. The fraction of sp³-hybridized carbons (Fsp3) is 1.00. The third-order valence-corrected chi connectivity index (χ3v) is 11.9. The molecule has 1 rings (SSSR count). The molecule has 0 aliphatic carbocycles. The van der Waals surface area contributed by atoms with Crippen LogP contribution in [0.4, 0.5) is 0 Å². The molecule has 0 aromatic rings. The highest BCUT2D eigenvalue weighted by atomic mass is 35.7. The van der Waals surface area contributed by atoms with Crippen LogP contribution in [0.25, 0.3) is 0 Å². The molecule has 0 radical (unpaired) electrons. The second kappa shape index (κ2) is 3.40. The van der Waals surface area contributed by atoms with Gasteiger partial charge in [0.1, 0.15) is 0 Å². The first-order chi connectivity index (χ1) is 6.71. The zero-order valence-electron chi connectivity index (χ0n) is 11.7. The van der Waals surface area contributed by atoms with E-state index < -0.39 is 6.94 Å². The molecular formula is C12H24Cl2OSi. The Bertz CT molecular complexity index is 278. The predicted octanol–water partition coefficient (Wildman–Crippen LogP) is 5.04. The molecule has 0 saturated carbocycles. The van der Waals surface area contributed by atoms with Gasteiger partial charge in [-0.3, -0.25) is 0 Å². The first kappa shape index (κ1) is 14.8. The van der Waals surface area contributed by atoms with Gasteiger partial charge in [-0.1, -0.05) is 41.5 Å². The molecule has 1 fully saturated rings. The molecule has 0 bridgehead atoms. The van der Waals surface area contributed by atoms with Crippen LogP contribution in [0.15, 0.2) is 0 Å². The van der Waals surface area contributed by atoms with E-state index in [-0.39, 0.29) is 21.5 Å². The molecule has 0 spiro atoms. The Morgan fingerprint density at radius 2 is 1.12 bits per heavy atom. The zero-order chi connectivity index (χ0) is 13.2. The summed E-state index contributed by atoms with van der Waals surface area (Å²) in [6.45, 7) is 14.7. The lowest BCUT2D eigenvalue weighted by atomic mass is 9.55. The highest BCUT2D eigenvalue weighted by molar-refractivity contribution is 7.43. The van der Waals surface area contributed by atoms with Crippen molar-refractivity contribution < 1.29 is 4.43 Å². The Labute approximate surface area is 110 Å². The lowest BCUT2D eigenvalue weighted by molar-refractivity contribution is -0.134. The van der Waals surface area contributed by atoms with E-state index in [0.717, 1.165) is 0 Å². The standard InChI is InChI=1S/C12H24Cl2OSi/c1-9(2)10(3,4)12(7,8)16(13,14)15-11(9,5)6/h1-8H3. The molecule has 0 unspecified atom stereocenters. The molecule has 1 aliphatic heterocycles. The maximum absolute atomic E-state index is 6.54. The molecular weight excluding hydrogens is 259 g/mol. The van der Waals surface area contributed by atoms with Crippen molar-refractivity contribution in [2.24, 2.45) is 10.8 Å². The number of rotatable bonds is 0. The molecule has 96 valence electrons. The second-order valence-electron chi connectivity index (χ2n) is 7.00. The lowest BCUT2D eigenvalue weighted by Crippen LogP contribution is -2.67. The first-order valence-corrected chi connectivity index (χ1v) is 9.72. The first-order valence-electron chi connectivity index (χ1n) is 5.79. The fourth-order valence-corrected chi connectivity index (χ4v) is 7.24. The number of hydrogen-bond acceptors (Lipinski definition) is 1. The quantitative estimate of drug-likeness (QED) is 0.447. The summed E-state index contributed by atoms with van der Waals surface area (Å²) in [6, 6.07) is 0. The summed E-state index contributed by atoms with van der Waals surface area (Å²) in [5.74, 6) is 0. The molecule has 0 aromatic heterocycles. The molecule has 16 heavy (non-hydrogen) atoms. The monoisotopic (exact) mass is 282 g/mol. The van der Waals surface area contributed by atoms with E-state index in [2.05, 4.69) is 55.4 Å². The van der Waals surface area contributed by atoms with Gasteiger partial charge in [0, 0.05) is 5.04 Å². The van der Waals surface area contributed by atoms with E-state index in [9.17, 15) is 0 Å². The van der Waals surface area contributed by atoms with Crippen molar-refractivity contribution in [2.45, 2.75) is 66.0 Å². The number of halogens is 2. The van der Waals surface area contributed by atoms with Gasteiger partial charge in [-0.25, -0.2) is 0 Å². The average molecular weight is 283 g/mol. The maximum atomic E-state index is 6.54. The minimum atomic E-state index is -2.73. The highest BCUT2D eigenvalue weighted by Crippen LogP contribution is 2.70. The van der Waals surface area contributed by atoms with Crippen molar-refractivity contribution in [3.63, 3.8) is 0 Å². The van der Waals surface area contributed by atoms with Gasteiger partial charge >= 0.3 is 6.94 Å². The van der Waals surface area contributed by atoms with Crippen molar-refractivity contribution >= 4 is 29.1 Å². The highest BCUT2D eigenvalue weighted by Gasteiger charge is 2.70. The largest absolute Gasteiger partial charge is 0.396 e. The molecule has 1 nitrogen and oxygen atoms in total. The Hall–Kier alpha value is 0.757. The summed E-state index contributed by atoms with van der Waals surface area (Å²) in [7, 11) is 0. The van der Waals surface area contributed by atoms with Crippen LogP contribution in [0.5, 0.6) is 0 Å². The van der Waals surface area contributed by atoms with Gasteiger partial charge in [0.05, 0.1) is 5.60 Å². The van der Waals surface area contributed by atoms with Crippen molar-refractivity contribution in [3.05, 3.63) is 0 Å². The SMILES string of the molecule is CC1(C)O[Si](Cl)(Cl)C(C)(C)C(C)(C)C1(C)C. The van der Waals surface area contributed by atoms with Gasteiger partial charge in [0.25, 0.3) is 0 Å². The summed E-state index contributed by atoms with van der Waals surface area (Å²) >= 11 is 13.1. The average Bonchev–Trinajstić information content (AvgIpc) is 1.98. The maximum Gasteiger partial charge on any atom is 0.396 e. The summed E-state index contributed by atoms with van der Waals surface area (Å²) in [5.41, 5.74) is -0.289. The van der Waals surface area contributed by atoms with Crippen LogP contribution in [0.1, 0.15) is 55.4 Å². The van der Waals surface area contributed by atoms with Crippen LogP contribution in [0.3, 0.4) is 0 Å². The minimum absolute atomic E-state index is 0.00375. The fourth-order valence-electron chi connectivity index (χ4n) is 2.47. The van der Waals surface area contributed by atoms with Crippen LogP contribution in [-0.2, 0) is 4.43 Å². The summed E-state index contributed by atoms with van der Waals surface area (Å²) in [5, 5.41) is -0.192. The van der Waals surface area contributed by atoms with Crippen molar-refractivity contribution in [1.29, 1.82) is 0 Å². The van der Waals surface area contributed by atoms with Gasteiger partial charge in [0.15, 0.2) is 0 Å². The number of hydrogen-bond donors (Lipinski definition) is 0. The second-order valence-corrected chi connectivity index (χ2v) is 13.3. The Morgan fingerprint density at radius 3 is 1.50 bits per heavy atom.